The summed E-state index contributed by atoms with van der Waals surface area (Å²) in [6.07, 6.45) is -0.192. The molecule has 0 aliphatic carbocycles. The molecule has 2 N–H and O–H groups in total. The van der Waals surface area contributed by atoms with Crippen molar-refractivity contribution in [2.45, 2.75) is 26.2 Å². The first-order valence-corrected chi connectivity index (χ1v) is 13.4. The Morgan fingerprint density at radius 3 is 2.43 bits per heavy atom. The van der Waals surface area contributed by atoms with E-state index in [0.717, 1.165) is 11.4 Å². The molecule has 2 aromatic carbocycles. The highest BCUT2D eigenvalue weighted by atomic mass is 31.2. The summed E-state index contributed by atoms with van der Waals surface area (Å²) in [4.78, 5) is 37.8. The SMILES string of the molecule is CC(C)c1nc(-c2ccc3c(c2)OCO3)cc(-c2ccc(F)cc2)c1C=CP(=O)(O)CC(=O)CC(=O)O. The summed E-state index contributed by atoms with van der Waals surface area (Å²) in [6, 6.07) is 13.1. The summed E-state index contributed by atoms with van der Waals surface area (Å²) in [6.45, 7) is 3.98. The predicted octanol–water partition coefficient (Wildman–Crippen LogP) is 5.69. The maximum Gasteiger partial charge on any atom is 0.310 e. The van der Waals surface area contributed by atoms with Gasteiger partial charge in [0.15, 0.2) is 17.3 Å². The van der Waals surface area contributed by atoms with Crippen molar-refractivity contribution in [2.75, 3.05) is 13.0 Å². The van der Waals surface area contributed by atoms with Gasteiger partial charge in [0.25, 0.3) is 0 Å². The molecule has 37 heavy (non-hydrogen) atoms. The molecule has 3 aromatic rings. The molecule has 1 aromatic heterocycles. The Labute approximate surface area is 212 Å². The maximum absolute atomic E-state index is 13.7. The van der Waals surface area contributed by atoms with Crippen LogP contribution in [-0.2, 0) is 14.2 Å². The van der Waals surface area contributed by atoms with Crippen LogP contribution in [0.15, 0.2) is 54.3 Å². The fourth-order valence-electron chi connectivity index (χ4n) is 3.98. The lowest BCUT2D eigenvalue weighted by molar-refractivity contribution is -0.139. The second kappa shape index (κ2) is 10.7. The molecule has 1 unspecified atom stereocenters. The Kier molecular flexibility index (Phi) is 7.57. The molecule has 4 rings (SSSR count). The number of pyridine rings is 1. The minimum Gasteiger partial charge on any atom is -0.481 e. The van der Waals surface area contributed by atoms with Gasteiger partial charge in [-0.15, -0.1) is 0 Å². The molecule has 0 saturated heterocycles. The van der Waals surface area contributed by atoms with E-state index in [2.05, 4.69) is 0 Å². The second-order valence-electron chi connectivity index (χ2n) is 8.92. The Hall–Kier alpha value is -3.81. The largest absolute Gasteiger partial charge is 0.481 e. The quantitative estimate of drug-likeness (QED) is 0.270. The summed E-state index contributed by atoms with van der Waals surface area (Å²) in [7, 11) is -4.13. The fourth-order valence-corrected chi connectivity index (χ4v) is 5.09. The van der Waals surface area contributed by atoms with Crippen LogP contribution in [0.3, 0.4) is 0 Å². The van der Waals surface area contributed by atoms with E-state index in [1.54, 1.807) is 24.3 Å². The Bertz CT molecular complexity index is 1430. The number of ether oxygens (including phenoxy) is 2. The lowest BCUT2D eigenvalue weighted by atomic mass is 9.92. The van der Waals surface area contributed by atoms with Gasteiger partial charge in [-0.1, -0.05) is 26.0 Å². The molecule has 8 nitrogen and oxygen atoms in total. The minimum absolute atomic E-state index is 0.112. The van der Waals surface area contributed by atoms with E-state index in [0.29, 0.717) is 39.6 Å². The number of carbonyl (C=O) groups is 2. The highest BCUT2D eigenvalue weighted by Gasteiger charge is 2.23. The molecule has 1 aliphatic heterocycles. The lowest BCUT2D eigenvalue weighted by Gasteiger charge is -2.18. The topological polar surface area (TPSA) is 123 Å². The van der Waals surface area contributed by atoms with Crippen LogP contribution in [0, 0.1) is 5.82 Å². The van der Waals surface area contributed by atoms with Crippen LogP contribution in [0.25, 0.3) is 28.5 Å². The summed E-state index contributed by atoms with van der Waals surface area (Å²) in [5.74, 6) is -0.484. The summed E-state index contributed by atoms with van der Waals surface area (Å²) in [5, 5.41) is 8.78. The highest BCUT2D eigenvalue weighted by Crippen LogP contribution is 2.45. The smallest absolute Gasteiger partial charge is 0.310 e. The number of ketones is 1. The maximum atomic E-state index is 13.7. The van der Waals surface area contributed by atoms with Gasteiger partial charge in [-0.25, -0.2) is 4.39 Å². The van der Waals surface area contributed by atoms with Crippen molar-refractivity contribution in [2.24, 2.45) is 0 Å². The molecule has 1 atom stereocenters. The number of rotatable bonds is 9. The fraction of sp³-hybridized carbons (Fsp3) is 0.222. The van der Waals surface area contributed by atoms with Gasteiger partial charge in [0, 0.05) is 16.9 Å². The number of carboxylic acid groups (broad SMARTS) is 1. The molecule has 0 amide bonds. The van der Waals surface area contributed by atoms with E-state index in [9.17, 15) is 23.4 Å². The normalized spacial score (nSPS) is 14.2. The van der Waals surface area contributed by atoms with Crippen LogP contribution in [0.1, 0.15) is 37.4 Å². The van der Waals surface area contributed by atoms with Crippen molar-refractivity contribution in [1.82, 2.24) is 4.98 Å². The zero-order valence-electron chi connectivity index (χ0n) is 20.2. The van der Waals surface area contributed by atoms with Gasteiger partial charge in [-0.3, -0.25) is 19.1 Å². The van der Waals surface area contributed by atoms with E-state index in [4.69, 9.17) is 19.6 Å². The first-order chi connectivity index (χ1) is 17.5. The number of benzene rings is 2. The van der Waals surface area contributed by atoms with Gasteiger partial charge in [0.05, 0.1) is 17.5 Å². The third-order valence-corrected chi connectivity index (χ3v) is 7.10. The molecular formula is C27H25FNO7P. The molecule has 0 saturated carbocycles. The molecule has 2 heterocycles. The zero-order chi connectivity index (χ0) is 26.7. The summed E-state index contributed by atoms with van der Waals surface area (Å²) >= 11 is 0. The second-order valence-corrected chi connectivity index (χ2v) is 11.0. The van der Waals surface area contributed by atoms with E-state index in [1.165, 1.54) is 18.2 Å². The number of carboxylic acids is 1. The third kappa shape index (κ3) is 6.31. The first kappa shape index (κ1) is 26.3. The molecule has 0 radical (unpaired) electrons. The van der Waals surface area contributed by atoms with Crippen LogP contribution in [-0.4, -0.2) is 39.7 Å². The number of carbonyl (C=O) groups excluding carboxylic acids is 1. The Balaban J connectivity index is 1.83. The van der Waals surface area contributed by atoms with Crippen LogP contribution in [0.2, 0.25) is 0 Å². The van der Waals surface area contributed by atoms with E-state index in [1.807, 2.05) is 26.0 Å². The molecule has 0 spiro atoms. The minimum atomic E-state index is -4.13. The van der Waals surface area contributed by atoms with Crippen molar-refractivity contribution >= 4 is 25.2 Å². The Morgan fingerprint density at radius 1 is 1.08 bits per heavy atom. The van der Waals surface area contributed by atoms with Crippen molar-refractivity contribution < 1.29 is 38.0 Å². The number of hydrogen-bond donors (Lipinski definition) is 2. The highest BCUT2D eigenvalue weighted by molar-refractivity contribution is 7.62. The summed E-state index contributed by atoms with van der Waals surface area (Å²) in [5.41, 5.74) is 3.81. The average Bonchev–Trinajstić information content (AvgIpc) is 3.30. The first-order valence-electron chi connectivity index (χ1n) is 11.5. The molecule has 1 aliphatic rings. The number of aliphatic carboxylic acids is 1. The number of nitrogens with zero attached hydrogens (tertiary/aromatic N) is 1. The summed E-state index contributed by atoms with van der Waals surface area (Å²) < 4.78 is 37.3. The number of hydrogen-bond acceptors (Lipinski definition) is 6. The van der Waals surface area contributed by atoms with Crippen molar-refractivity contribution in [3.05, 3.63) is 71.4 Å². The molecular weight excluding hydrogens is 500 g/mol. The number of Topliss-reactive ketones (excluding diaryl/α,β-unsaturated/α-hetero) is 1. The van der Waals surface area contributed by atoms with Crippen molar-refractivity contribution in [3.8, 4) is 33.9 Å². The number of aromatic nitrogens is 1. The van der Waals surface area contributed by atoms with Crippen LogP contribution in [0.4, 0.5) is 4.39 Å². The molecule has 192 valence electrons. The standard InChI is InChI=1S/C27H25FNO7P/c1-16(2)27-21(9-10-37(33,34)14-20(30)12-26(31)32)22(17-3-6-19(28)7-4-17)13-23(29-27)18-5-8-24-25(11-18)36-15-35-24/h3-11,13,16H,12,14-15H2,1-2H3,(H,31,32)(H,33,34). The molecule has 10 heteroatoms. The van der Waals surface area contributed by atoms with E-state index >= 15 is 0 Å². The van der Waals surface area contributed by atoms with Gasteiger partial charge in [-0.2, -0.15) is 0 Å². The van der Waals surface area contributed by atoms with Gasteiger partial charge < -0.3 is 19.5 Å². The van der Waals surface area contributed by atoms with E-state index in [-0.39, 0.29) is 12.7 Å². The van der Waals surface area contributed by atoms with Crippen LogP contribution < -0.4 is 9.47 Å². The predicted molar refractivity (Wildman–Crippen MR) is 136 cm³/mol. The lowest BCUT2D eigenvalue weighted by Crippen LogP contribution is -2.10. The molecule has 0 fully saturated rings. The Morgan fingerprint density at radius 2 is 1.76 bits per heavy atom. The van der Waals surface area contributed by atoms with Crippen LogP contribution in [0.5, 0.6) is 11.5 Å². The monoisotopic (exact) mass is 525 g/mol. The van der Waals surface area contributed by atoms with E-state index < -0.39 is 37.5 Å². The van der Waals surface area contributed by atoms with Crippen LogP contribution >= 0.6 is 7.37 Å². The number of fused-ring (bicyclic) bond motifs is 1. The van der Waals surface area contributed by atoms with Gasteiger partial charge in [0.2, 0.25) is 14.2 Å². The molecule has 0 bridgehead atoms. The van der Waals surface area contributed by atoms with Gasteiger partial charge in [-0.05, 0) is 59.5 Å². The van der Waals surface area contributed by atoms with Gasteiger partial charge >= 0.3 is 5.97 Å². The third-order valence-electron chi connectivity index (χ3n) is 5.68. The van der Waals surface area contributed by atoms with Crippen molar-refractivity contribution in [1.29, 1.82) is 0 Å². The zero-order valence-corrected chi connectivity index (χ0v) is 21.1. The van der Waals surface area contributed by atoms with Gasteiger partial charge in [0.1, 0.15) is 12.2 Å². The number of halogens is 1. The van der Waals surface area contributed by atoms with Crippen molar-refractivity contribution in [3.63, 3.8) is 0 Å². The average molecular weight is 525 g/mol.